The molecule has 1 saturated heterocycles. The summed E-state index contributed by atoms with van der Waals surface area (Å²) < 4.78 is 5.11. The predicted octanol–water partition coefficient (Wildman–Crippen LogP) is 1.18. The minimum Gasteiger partial charge on any atom is -0.466 e. The fourth-order valence-electron chi connectivity index (χ4n) is 3.08. The van der Waals surface area contributed by atoms with Crippen LogP contribution >= 0.6 is 0 Å². The Kier molecular flexibility index (Phi) is 6.59. The number of ether oxygens (including phenoxy) is 1. The fraction of sp³-hybridized carbons (Fsp3) is 0.556. The van der Waals surface area contributed by atoms with Gasteiger partial charge in [0.15, 0.2) is 0 Å². The summed E-state index contributed by atoms with van der Waals surface area (Å²) in [5.41, 5.74) is 1.97. The lowest BCUT2D eigenvalue weighted by Crippen LogP contribution is -3.13. The highest BCUT2D eigenvalue weighted by atomic mass is 16.5. The van der Waals surface area contributed by atoms with Crippen molar-refractivity contribution in [2.75, 3.05) is 31.6 Å². The topological polar surface area (TPSA) is 59.8 Å². The molecular weight excluding hydrogens is 292 g/mol. The van der Waals surface area contributed by atoms with Crippen molar-refractivity contribution in [3.05, 3.63) is 29.8 Å². The second-order valence-corrected chi connectivity index (χ2v) is 6.21. The molecule has 0 saturated carbocycles. The van der Waals surface area contributed by atoms with Gasteiger partial charge in [-0.05, 0) is 44.4 Å². The van der Waals surface area contributed by atoms with Crippen LogP contribution in [0.4, 0.5) is 5.69 Å². The van der Waals surface area contributed by atoms with Crippen LogP contribution in [0.1, 0.15) is 31.7 Å². The van der Waals surface area contributed by atoms with E-state index in [0.717, 1.165) is 43.7 Å². The second-order valence-electron chi connectivity index (χ2n) is 6.21. The van der Waals surface area contributed by atoms with Crippen molar-refractivity contribution < 1.29 is 19.2 Å². The molecular formula is C18H27N2O3+. The summed E-state index contributed by atoms with van der Waals surface area (Å²) >= 11 is 0. The van der Waals surface area contributed by atoms with E-state index >= 15 is 0 Å². The number of quaternary nitrogens is 1. The van der Waals surface area contributed by atoms with Crippen LogP contribution < -0.4 is 10.2 Å². The summed E-state index contributed by atoms with van der Waals surface area (Å²) in [4.78, 5) is 25.2. The summed E-state index contributed by atoms with van der Waals surface area (Å²) in [5, 5.41) is 2.93. The molecule has 126 valence electrons. The molecule has 2 atom stereocenters. The molecule has 0 aromatic heterocycles. The van der Waals surface area contributed by atoms with Crippen molar-refractivity contribution in [1.29, 1.82) is 0 Å². The van der Waals surface area contributed by atoms with Crippen LogP contribution in [0.3, 0.4) is 0 Å². The number of aryl methyl sites for hydroxylation is 1. The Balaban J connectivity index is 1.76. The molecule has 2 rings (SSSR count). The molecule has 2 N–H and O–H groups in total. The molecule has 5 heteroatoms. The number of esters is 1. The van der Waals surface area contributed by atoms with E-state index in [1.807, 2.05) is 38.1 Å². The highest BCUT2D eigenvalue weighted by molar-refractivity contribution is 5.90. The minimum absolute atomic E-state index is 0.0152. The van der Waals surface area contributed by atoms with Gasteiger partial charge in [0, 0.05) is 5.69 Å². The lowest BCUT2D eigenvalue weighted by molar-refractivity contribution is -0.906. The second kappa shape index (κ2) is 8.67. The van der Waals surface area contributed by atoms with Gasteiger partial charge >= 0.3 is 5.97 Å². The molecule has 0 spiro atoms. The molecule has 0 aliphatic carbocycles. The van der Waals surface area contributed by atoms with Crippen LogP contribution in [-0.2, 0) is 14.3 Å². The number of benzene rings is 1. The number of hydrogen-bond donors (Lipinski definition) is 2. The molecule has 1 aliphatic heterocycles. The van der Waals surface area contributed by atoms with E-state index in [1.54, 1.807) is 0 Å². The van der Waals surface area contributed by atoms with Gasteiger partial charge in [-0.2, -0.15) is 0 Å². The third-order valence-corrected chi connectivity index (χ3v) is 4.25. The predicted molar refractivity (Wildman–Crippen MR) is 89.3 cm³/mol. The standard InChI is InChI=1S/C18H26N2O3/c1-3-23-18(22)15-7-5-10-20(13-15)11-9-17(21)19-16-8-4-6-14(2)12-16/h4,6,8,12,15H,3,5,7,9-11,13H2,1-2H3,(H,19,21)/p+1. The van der Waals surface area contributed by atoms with Crippen molar-refractivity contribution in [2.24, 2.45) is 5.92 Å². The maximum absolute atomic E-state index is 12.1. The Morgan fingerprint density at radius 2 is 2.22 bits per heavy atom. The fourth-order valence-corrected chi connectivity index (χ4v) is 3.08. The number of piperidine rings is 1. The molecule has 1 heterocycles. The number of carbonyl (C=O) groups excluding carboxylic acids is 2. The third-order valence-electron chi connectivity index (χ3n) is 4.25. The molecule has 1 aromatic rings. The minimum atomic E-state index is -0.0890. The van der Waals surface area contributed by atoms with E-state index in [-0.39, 0.29) is 17.8 Å². The van der Waals surface area contributed by atoms with Gasteiger partial charge < -0.3 is 15.0 Å². The number of carbonyl (C=O) groups is 2. The molecule has 1 aliphatic rings. The SMILES string of the molecule is CCOC(=O)C1CCC[NH+](CCC(=O)Nc2cccc(C)c2)C1. The van der Waals surface area contributed by atoms with Crippen LogP contribution in [-0.4, -0.2) is 38.1 Å². The summed E-state index contributed by atoms with van der Waals surface area (Å²) in [7, 11) is 0. The number of anilines is 1. The lowest BCUT2D eigenvalue weighted by atomic mass is 9.98. The van der Waals surface area contributed by atoms with E-state index in [0.29, 0.717) is 13.0 Å². The summed E-state index contributed by atoms with van der Waals surface area (Å²) in [6.45, 7) is 6.82. The van der Waals surface area contributed by atoms with Crippen molar-refractivity contribution in [3.63, 3.8) is 0 Å². The van der Waals surface area contributed by atoms with Gasteiger partial charge in [-0.3, -0.25) is 9.59 Å². The van der Waals surface area contributed by atoms with Gasteiger partial charge in [0.25, 0.3) is 0 Å². The van der Waals surface area contributed by atoms with Crippen LogP contribution in [0.15, 0.2) is 24.3 Å². The molecule has 5 nitrogen and oxygen atoms in total. The summed E-state index contributed by atoms with van der Waals surface area (Å²) in [5.74, 6) is -0.0752. The quantitative estimate of drug-likeness (QED) is 0.774. The molecule has 0 bridgehead atoms. The van der Waals surface area contributed by atoms with E-state index in [9.17, 15) is 9.59 Å². The first-order valence-electron chi connectivity index (χ1n) is 8.45. The zero-order valence-electron chi connectivity index (χ0n) is 14.1. The number of nitrogens with one attached hydrogen (secondary N) is 2. The smallest absolute Gasteiger partial charge is 0.314 e. The van der Waals surface area contributed by atoms with Gasteiger partial charge in [-0.25, -0.2) is 0 Å². The maximum atomic E-state index is 12.1. The lowest BCUT2D eigenvalue weighted by Gasteiger charge is -2.28. The van der Waals surface area contributed by atoms with Gasteiger partial charge in [0.2, 0.25) is 5.91 Å². The van der Waals surface area contributed by atoms with Gasteiger partial charge in [-0.15, -0.1) is 0 Å². The molecule has 1 aromatic carbocycles. The highest BCUT2D eigenvalue weighted by Crippen LogP contribution is 2.11. The first kappa shape index (κ1) is 17.5. The Morgan fingerprint density at radius 1 is 1.39 bits per heavy atom. The summed E-state index contributed by atoms with van der Waals surface area (Å²) in [6, 6.07) is 7.80. The Hall–Kier alpha value is -1.88. The summed E-state index contributed by atoms with van der Waals surface area (Å²) in [6.07, 6.45) is 2.38. The van der Waals surface area contributed by atoms with Crippen LogP contribution in [0.25, 0.3) is 0 Å². The van der Waals surface area contributed by atoms with Crippen molar-refractivity contribution in [3.8, 4) is 0 Å². The van der Waals surface area contributed by atoms with Gasteiger partial charge in [0.05, 0.1) is 32.7 Å². The molecule has 23 heavy (non-hydrogen) atoms. The molecule has 1 fully saturated rings. The first-order chi connectivity index (χ1) is 11.1. The van der Waals surface area contributed by atoms with Crippen molar-refractivity contribution in [1.82, 2.24) is 0 Å². The molecule has 1 amide bonds. The van der Waals surface area contributed by atoms with Crippen molar-refractivity contribution in [2.45, 2.75) is 33.1 Å². The Bertz CT molecular complexity index is 545. The monoisotopic (exact) mass is 319 g/mol. The van der Waals surface area contributed by atoms with Gasteiger partial charge in [0.1, 0.15) is 5.92 Å². The first-order valence-corrected chi connectivity index (χ1v) is 8.45. The van der Waals surface area contributed by atoms with E-state index < -0.39 is 0 Å². The largest absolute Gasteiger partial charge is 0.466 e. The highest BCUT2D eigenvalue weighted by Gasteiger charge is 2.29. The molecule has 2 unspecified atom stereocenters. The molecule has 0 radical (unpaired) electrons. The number of amides is 1. The van der Waals surface area contributed by atoms with E-state index in [1.165, 1.54) is 4.90 Å². The third kappa shape index (κ3) is 5.67. The number of likely N-dealkylation sites (tertiary alicyclic amines) is 1. The van der Waals surface area contributed by atoms with Crippen LogP contribution in [0.5, 0.6) is 0 Å². The average Bonchev–Trinajstić information content (AvgIpc) is 2.53. The maximum Gasteiger partial charge on any atom is 0.314 e. The van der Waals surface area contributed by atoms with E-state index in [4.69, 9.17) is 4.74 Å². The number of rotatable bonds is 6. The van der Waals surface area contributed by atoms with Crippen molar-refractivity contribution >= 4 is 17.6 Å². The number of hydrogen-bond acceptors (Lipinski definition) is 3. The average molecular weight is 319 g/mol. The van der Waals surface area contributed by atoms with Crippen LogP contribution in [0.2, 0.25) is 0 Å². The zero-order valence-corrected chi connectivity index (χ0v) is 14.1. The van der Waals surface area contributed by atoms with E-state index in [2.05, 4.69) is 5.32 Å². The zero-order chi connectivity index (χ0) is 16.7. The van der Waals surface area contributed by atoms with Gasteiger partial charge in [-0.1, -0.05) is 12.1 Å². The van der Waals surface area contributed by atoms with Crippen LogP contribution in [0, 0.1) is 12.8 Å². The Labute approximate surface area is 138 Å². The Morgan fingerprint density at radius 3 is 2.96 bits per heavy atom. The normalized spacial score (nSPS) is 20.8.